The number of rotatable bonds is 3. The number of anilines is 1. The number of aromatic amines is 1. The van der Waals surface area contributed by atoms with Gasteiger partial charge in [0.05, 0.1) is 11.4 Å². The molecule has 0 saturated heterocycles. The van der Waals surface area contributed by atoms with Crippen molar-refractivity contribution < 1.29 is 4.42 Å². The number of thioether (sulfide) groups is 1. The van der Waals surface area contributed by atoms with Gasteiger partial charge in [0.15, 0.2) is 10.7 Å². The Morgan fingerprint density at radius 3 is 3.05 bits per heavy atom. The zero-order valence-electron chi connectivity index (χ0n) is 9.79. The Balaban J connectivity index is 1.82. The Bertz CT molecular complexity index is 780. The zero-order chi connectivity index (χ0) is 13.2. The van der Waals surface area contributed by atoms with Gasteiger partial charge in [-0.2, -0.15) is 0 Å². The fourth-order valence-electron chi connectivity index (χ4n) is 1.63. The van der Waals surface area contributed by atoms with Crippen LogP contribution in [-0.2, 0) is 5.75 Å². The van der Waals surface area contributed by atoms with Crippen molar-refractivity contribution in [1.82, 2.24) is 15.0 Å². The number of nitrogens with one attached hydrogen (secondary N) is 1. The molecule has 0 aliphatic rings. The van der Waals surface area contributed by atoms with Crippen molar-refractivity contribution in [2.24, 2.45) is 0 Å². The molecule has 0 aliphatic carbocycles. The van der Waals surface area contributed by atoms with Crippen molar-refractivity contribution in [3.63, 3.8) is 0 Å². The molecular formula is C12H10N4O2S. The van der Waals surface area contributed by atoms with Gasteiger partial charge >= 0.3 is 0 Å². The highest BCUT2D eigenvalue weighted by molar-refractivity contribution is 7.98. The van der Waals surface area contributed by atoms with Crippen LogP contribution in [0.5, 0.6) is 0 Å². The number of hydrogen-bond donors (Lipinski definition) is 2. The minimum atomic E-state index is -0.181. The number of nitrogens with zero attached hydrogens (tertiary/aromatic N) is 2. The summed E-state index contributed by atoms with van der Waals surface area (Å²) in [4.78, 5) is 22.1. The summed E-state index contributed by atoms with van der Waals surface area (Å²) in [5.41, 5.74) is 7.53. The Morgan fingerprint density at radius 2 is 2.26 bits per heavy atom. The summed E-state index contributed by atoms with van der Waals surface area (Å²) in [5.74, 6) is 1.02. The molecule has 3 aromatic rings. The maximum atomic E-state index is 11.1. The SMILES string of the molecule is Nc1cccc2oc(CSc3nccc(=O)[nH]3)nc12. The van der Waals surface area contributed by atoms with Gasteiger partial charge in [0.2, 0.25) is 5.89 Å². The van der Waals surface area contributed by atoms with E-state index < -0.39 is 0 Å². The van der Waals surface area contributed by atoms with Crippen LogP contribution < -0.4 is 11.3 Å². The molecule has 3 N–H and O–H groups in total. The van der Waals surface area contributed by atoms with Crippen LogP contribution in [0.4, 0.5) is 5.69 Å². The van der Waals surface area contributed by atoms with Crippen LogP contribution in [0, 0.1) is 0 Å². The summed E-state index contributed by atoms with van der Waals surface area (Å²) in [5, 5.41) is 0.530. The van der Waals surface area contributed by atoms with Crippen molar-refractivity contribution in [3.8, 4) is 0 Å². The first-order chi connectivity index (χ1) is 9.22. The zero-order valence-corrected chi connectivity index (χ0v) is 10.6. The number of H-pyrrole nitrogens is 1. The molecule has 0 spiro atoms. The molecule has 0 aliphatic heterocycles. The van der Waals surface area contributed by atoms with Crippen LogP contribution in [0.1, 0.15) is 5.89 Å². The fraction of sp³-hybridized carbons (Fsp3) is 0.0833. The smallest absolute Gasteiger partial charge is 0.251 e. The molecule has 0 amide bonds. The summed E-state index contributed by atoms with van der Waals surface area (Å²) in [6, 6.07) is 6.77. The predicted molar refractivity (Wildman–Crippen MR) is 72.8 cm³/mol. The van der Waals surface area contributed by atoms with E-state index in [4.69, 9.17) is 10.2 Å². The molecule has 96 valence electrons. The highest BCUT2D eigenvalue weighted by Gasteiger charge is 2.08. The van der Waals surface area contributed by atoms with Crippen molar-refractivity contribution in [2.45, 2.75) is 10.9 Å². The normalized spacial score (nSPS) is 10.9. The van der Waals surface area contributed by atoms with Crippen LogP contribution in [0.15, 0.2) is 44.8 Å². The van der Waals surface area contributed by atoms with Crippen LogP contribution in [0.2, 0.25) is 0 Å². The van der Waals surface area contributed by atoms with E-state index in [1.165, 1.54) is 24.0 Å². The Morgan fingerprint density at radius 1 is 1.37 bits per heavy atom. The van der Waals surface area contributed by atoms with Gasteiger partial charge in [0.1, 0.15) is 5.52 Å². The lowest BCUT2D eigenvalue weighted by Crippen LogP contribution is -2.05. The third kappa shape index (κ3) is 2.45. The topological polar surface area (TPSA) is 97.8 Å². The van der Waals surface area contributed by atoms with Crippen LogP contribution in [-0.4, -0.2) is 15.0 Å². The second-order valence-electron chi connectivity index (χ2n) is 3.83. The molecule has 0 atom stereocenters. The van der Waals surface area contributed by atoms with E-state index in [0.29, 0.717) is 33.6 Å². The molecule has 0 unspecified atom stereocenters. The molecule has 7 heteroatoms. The molecule has 2 heterocycles. The van der Waals surface area contributed by atoms with Gasteiger partial charge in [0, 0.05) is 12.3 Å². The first-order valence-corrected chi connectivity index (χ1v) is 6.53. The Kier molecular flexibility index (Phi) is 2.96. The van der Waals surface area contributed by atoms with Gasteiger partial charge in [0.25, 0.3) is 5.56 Å². The second kappa shape index (κ2) is 4.77. The number of hydrogen-bond acceptors (Lipinski definition) is 6. The number of aromatic nitrogens is 3. The number of nitrogens with two attached hydrogens (primary N) is 1. The van der Waals surface area contributed by atoms with E-state index in [-0.39, 0.29) is 5.56 Å². The number of benzene rings is 1. The first-order valence-electron chi connectivity index (χ1n) is 5.54. The molecule has 1 aromatic carbocycles. The van der Waals surface area contributed by atoms with Gasteiger partial charge in [-0.3, -0.25) is 4.79 Å². The Labute approximate surface area is 112 Å². The van der Waals surface area contributed by atoms with E-state index in [9.17, 15) is 4.79 Å². The molecule has 0 bridgehead atoms. The fourth-order valence-corrected chi connectivity index (χ4v) is 2.32. The summed E-state index contributed by atoms with van der Waals surface area (Å²) >= 11 is 1.35. The lowest BCUT2D eigenvalue weighted by Gasteiger charge is -1.95. The average molecular weight is 274 g/mol. The largest absolute Gasteiger partial charge is 0.440 e. The summed E-state index contributed by atoms with van der Waals surface area (Å²) in [6.45, 7) is 0. The van der Waals surface area contributed by atoms with Gasteiger partial charge in [-0.1, -0.05) is 17.8 Å². The molecule has 2 aromatic heterocycles. The number of nitrogen functional groups attached to an aromatic ring is 1. The molecule has 3 rings (SSSR count). The standard InChI is InChI=1S/C12H10N4O2S/c13-7-2-1-3-8-11(7)16-10(18-8)6-19-12-14-5-4-9(17)15-12/h1-5H,6,13H2,(H,14,15,17). The molecule has 19 heavy (non-hydrogen) atoms. The van der Waals surface area contributed by atoms with Gasteiger partial charge in [-0.15, -0.1) is 0 Å². The van der Waals surface area contributed by atoms with Gasteiger partial charge in [-0.25, -0.2) is 9.97 Å². The van der Waals surface area contributed by atoms with Crippen LogP contribution in [0.3, 0.4) is 0 Å². The summed E-state index contributed by atoms with van der Waals surface area (Å²) in [7, 11) is 0. The van der Waals surface area contributed by atoms with E-state index in [1.54, 1.807) is 6.07 Å². The maximum Gasteiger partial charge on any atom is 0.251 e. The van der Waals surface area contributed by atoms with Crippen molar-refractivity contribution in [3.05, 3.63) is 46.7 Å². The molecule has 0 saturated carbocycles. The molecule has 0 fully saturated rings. The molecule has 6 nitrogen and oxygen atoms in total. The molecular weight excluding hydrogens is 264 g/mol. The van der Waals surface area contributed by atoms with E-state index in [1.807, 2.05) is 12.1 Å². The van der Waals surface area contributed by atoms with Crippen molar-refractivity contribution in [1.29, 1.82) is 0 Å². The summed E-state index contributed by atoms with van der Waals surface area (Å²) < 4.78 is 5.57. The average Bonchev–Trinajstić information content (AvgIpc) is 2.81. The van der Waals surface area contributed by atoms with Crippen molar-refractivity contribution >= 4 is 28.5 Å². The lowest BCUT2D eigenvalue weighted by molar-refractivity contribution is 0.556. The quantitative estimate of drug-likeness (QED) is 0.429. The monoisotopic (exact) mass is 274 g/mol. The third-order valence-electron chi connectivity index (χ3n) is 2.47. The van der Waals surface area contributed by atoms with Crippen LogP contribution in [0.25, 0.3) is 11.1 Å². The minimum Gasteiger partial charge on any atom is -0.440 e. The van der Waals surface area contributed by atoms with Crippen LogP contribution >= 0.6 is 11.8 Å². The lowest BCUT2D eigenvalue weighted by atomic mass is 10.3. The van der Waals surface area contributed by atoms with E-state index in [0.717, 1.165) is 0 Å². The van der Waals surface area contributed by atoms with Gasteiger partial charge in [-0.05, 0) is 12.1 Å². The van der Waals surface area contributed by atoms with E-state index >= 15 is 0 Å². The first kappa shape index (κ1) is 11.8. The van der Waals surface area contributed by atoms with E-state index in [2.05, 4.69) is 15.0 Å². The number of oxazole rings is 1. The third-order valence-corrected chi connectivity index (χ3v) is 3.35. The minimum absolute atomic E-state index is 0.181. The Hall–Kier alpha value is -2.28. The highest BCUT2D eigenvalue weighted by atomic mass is 32.2. The second-order valence-corrected chi connectivity index (χ2v) is 4.79. The highest BCUT2D eigenvalue weighted by Crippen LogP contribution is 2.24. The molecule has 0 radical (unpaired) electrons. The predicted octanol–water partition coefficient (Wildman–Crippen LogP) is 1.79. The summed E-state index contributed by atoms with van der Waals surface area (Å²) in [6.07, 6.45) is 1.46. The van der Waals surface area contributed by atoms with Crippen molar-refractivity contribution in [2.75, 3.05) is 5.73 Å². The van der Waals surface area contributed by atoms with Gasteiger partial charge < -0.3 is 15.1 Å². The maximum absolute atomic E-state index is 11.1. The number of fused-ring (bicyclic) bond motifs is 1. The number of para-hydroxylation sites is 1.